The molecule has 28 heavy (non-hydrogen) atoms. The zero-order valence-electron chi connectivity index (χ0n) is 15.6. The summed E-state index contributed by atoms with van der Waals surface area (Å²) >= 11 is 12.1. The van der Waals surface area contributed by atoms with E-state index in [4.69, 9.17) is 32.7 Å². The molecule has 0 amide bonds. The maximum atomic E-state index is 9.54. The van der Waals surface area contributed by atoms with Crippen molar-refractivity contribution in [3.63, 3.8) is 0 Å². The summed E-state index contributed by atoms with van der Waals surface area (Å²) in [6.07, 6.45) is 1.54. The Bertz CT molecular complexity index is 1050. The second kappa shape index (κ2) is 9.01. The molecule has 0 aliphatic rings. The number of benzene rings is 2. The molecule has 0 atom stereocenters. The number of rotatable bonds is 7. The van der Waals surface area contributed by atoms with Crippen molar-refractivity contribution in [2.45, 2.75) is 20.4 Å². The minimum Gasteiger partial charge on any atom is -0.490 e. The third-order valence-electron chi connectivity index (χ3n) is 4.12. The lowest BCUT2D eigenvalue weighted by Crippen LogP contribution is -2.05. The van der Waals surface area contributed by atoms with E-state index >= 15 is 0 Å². The van der Waals surface area contributed by atoms with Crippen LogP contribution in [0.25, 0.3) is 10.9 Å². The van der Waals surface area contributed by atoms with Crippen molar-refractivity contribution < 1.29 is 9.47 Å². The van der Waals surface area contributed by atoms with E-state index in [2.05, 4.69) is 16.4 Å². The van der Waals surface area contributed by atoms with Crippen LogP contribution in [0, 0.1) is 11.3 Å². The second-order valence-electron chi connectivity index (χ2n) is 5.92. The number of anilines is 1. The maximum Gasteiger partial charge on any atom is 0.187 e. The highest BCUT2D eigenvalue weighted by Gasteiger charge is 2.16. The third kappa shape index (κ3) is 4.09. The van der Waals surface area contributed by atoms with E-state index in [1.54, 1.807) is 12.1 Å². The first-order valence-corrected chi connectivity index (χ1v) is 9.63. The Morgan fingerprint density at radius 3 is 2.54 bits per heavy atom. The van der Waals surface area contributed by atoms with E-state index in [0.717, 1.165) is 10.9 Å². The Balaban J connectivity index is 2.05. The fourth-order valence-corrected chi connectivity index (χ4v) is 3.21. The molecular weight excluding hydrogens is 397 g/mol. The molecule has 1 N–H and O–H groups in total. The number of hydrogen-bond acceptors (Lipinski definition) is 5. The highest BCUT2D eigenvalue weighted by Crippen LogP contribution is 2.38. The Morgan fingerprint density at radius 1 is 1.07 bits per heavy atom. The molecule has 0 bridgehead atoms. The van der Waals surface area contributed by atoms with Gasteiger partial charge in [-0.15, -0.1) is 0 Å². The smallest absolute Gasteiger partial charge is 0.187 e. The fourth-order valence-electron chi connectivity index (χ4n) is 2.89. The number of ether oxygens (including phenoxy) is 2. The second-order valence-corrected chi connectivity index (χ2v) is 6.73. The summed E-state index contributed by atoms with van der Waals surface area (Å²) in [7, 11) is 0. The Hall–Kier alpha value is -2.68. The van der Waals surface area contributed by atoms with Crippen LogP contribution in [0.5, 0.6) is 11.5 Å². The van der Waals surface area contributed by atoms with Crippen LogP contribution in [-0.4, -0.2) is 18.2 Å². The molecule has 0 unspecified atom stereocenters. The molecule has 0 saturated carbocycles. The summed E-state index contributed by atoms with van der Waals surface area (Å²) < 4.78 is 11.5. The predicted octanol–water partition coefficient (Wildman–Crippen LogP) is 5.82. The van der Waals surface area contributed by atoms with Crippen LogP contribution < -0.4 is 14.8 Å². The number of hydrogen-bond donors (Lipinski definition) is 1. The molecule has 0 radical (unpaired) electrons. The van der Waals surface area contributed by atoms with Gasteiger partial charge in [0.25, 0.3) is 0 Å². The topological polar surface area (TPSA) is 67.2 Å². The lowest BCUT2D eigenvalue weighted by molar-refractivity contribution is 0.290. The van der Waals surface area contributed by atoms with Gasteiger partial charge >= 0.3 is 0 Å². The number of nitrogens with one attached hydrogen (secondary N) is 1. The fraction of sp³-hybridized carbons (Fsp3) is 0.238. The zero-order chi connectivity index (χ0) is 20.1. The normalized spacial score (nSPS) is 10.5. The van der Waals surface area contributed by atoms with Crippen molar-refractivity contribution in [3.8, 4) is 17.6 Å². The molecule has 0 saturated heterocycles. The van der Waals surface area contributed by atoms with E-state index in [0.29, 0.717) is 58.1 Å². The molecule has 144 valence electrons. The van der Waals surface area contributed by atoms with Crippen molar-refractivity contribution in [1.82, 2.24) is 4.98 Å². The number of fused-ring (bicyclic) bond motifs is 1. The van der Waals surface area contributed by atoms with Crippen LogP contribution in [0.1, 0.15) is 25.0 Å². The van der Waals surface area contributed by atoms with Crippen molar-refractivity contribution >= 4 is 39.8 Å². The monoisotopic (exact) mass is 415 g/mol. The molecule has 5 nitrogen and oxygen atoms in total. The minimum atomic E-state index is 0.444. The van der Waals surface area contributed by atoms with E-state index in [1.807, 2.05) is 32.0 Å². The minimum absolute atomic E-state index is 0.444. The lowest BCUT2D eigenvalue weighted by Gasteiger charge is -2.16. The maximum absolute atomic E-state index is 9.54. The highest BCUT2D eigenvalue weighted by molar-refractivity contribution is 6.42. The number of nitriles is 1. The average molecular weight is 416 g/mol. The van der Waals surface area contributed by atoms with Crippen molar-refractivity contribution in [3.05, 3.63) is 57.7 Å². The van der Waals surface area contributed by atoms with Gasteiger partial charge in [0.2, 0.25) is 0 Å². The first-order chi connectivity index (χ1) is 13.6. The molecule has 3 rings (SSSR count). The van der Waals surface area contributed by atoms with Gasteiger partial charge in [-0.2, -0.15) is 5.26 Å². The van der Waals surface area contributed by atoms with E-state index in [-0.39, 0.29) is 0 Å². The first kappa shape index (κ1) is 20.1. The Kier molecular flexibility index (Phi) is 6.45. The van der Waals surface area contributed by atoms with Gasteiger partial charge in [-0.1, -0.05) is 29.3 Å². The molecule has 1 aromatic heterocycles. The standard InChI is InChI=1S/C21H19Cl2N3O2/c1-3-27-18-8-6-15-19(25-11-13-5-7-16(22)17(23)9-13)14(10-24)12-26-20(15)21(18)28-4-2/h5-9,12H,3-4,11H2,1-2H3,(H,25,26). The quantitative estimate of drug-likeness (QED) is 0.526. The van der Waals surface area contributed by atoms with Gasteiger partial charge in [0.15, 0.2) is 11.5 Å². The molecule has 3 aromatic rings. The lowest BCUT2D eigenvalue weighted by atomic mass is 10.1. The van der Waals surface area contributed by atoms with Crippen LogP contribution in [-0.2, 0) is 6.54 Å². The van der Waals surface area contributed by atoms with Crippen LogP contribution >= 0.6 is 23.2 Å². The van der Waals surface area contributed by atoms with Gasteiger partial charge in [0.1, 0.15) is 11.6 Å². The molecule has 0 spiro atoms. The molecule has 7 heteroatoms. The molecule has 0 aliphatic heterocycles. The van der Waals surface area contributed by atoms with Crippen LogP contribution in [0.3, 0.4) is 0 Å². The van der Waals surface area contributed by atoms with Crippen molar-refractivity contribution in [1.29, 1.82) is 5.26 Å². The first-order valence-electron chi connectivity index (χ1n) is 8.88. The van der Waals surface area contributed by atoms with Gasteiger partial charge in [-0.25, -0.2) is 0 Å². The SMILES string of the molecule is CCOc1ccc2c(NCc3ccc(Cl)c(Cl)c3)c(C#N)cnc2c1OCC. The van der Waals surface area contributed by atoms with Gasteiger partial charge in [0.05, 0.1) is 34.5 Å². The largest absolute Gasteiger partial charge is 0.490 e. The molecule has 1 heterocycles. The van der Waals surface area contributed by atoms with Crippen LogP contribution in [0.15, 0.2) is 36.5 Å². The highest BCUT2D eigenvalue weighted by atomic mass is 35.5. The average Bonchev–Trinajstić information content (AvgIpc) is 2.70. The van der Waals surface area contributed by atoms with Crippen LogP contribution in [0.2, 0.25) is 10.0 Å². The van der Waals surface area contributed by atoms with Gasteiger partial charge in [-0.05, 0) is 43.7 Å². The summed E-state index contributed by atoms with van der Waals surface area (Å²) in [5.74, 6) is 1.20. The van der Waals surface area contributed by atoms with E-state index in [9.17, 15) is 5.26 Å². The van der Waals surface area contributed by atoms with Crippen molar-refractivity contribution in [2.75, 3.05) is 18.5 Å². The van der Waals surface area contributed by atoms with E-state index in [1.165, 1.54) is 6.20 Å². The van der Waals surface area contributed by atoms with Gasteiger partial charge in [0, 0.05) is 18.1 Å². The summed E-state index contributed by atoms with van der Waals surface area (Å²) in [5.41, 5.74) is 2.71. The van der Waals surface area contributed by atoms with E-state index < -0.39 is 0 Å². The number of nitrogens with zero attached hydrogens (tertiary/aromatic N) is 2. The molecule has 0 aliphatic carbocycles. The molecule has 0 fully saturated rings. The third-order valence-corrected chi connectivity index (χ3v) is 4.86. The molecule has 2 aromatic carbocycles. The summed E-state index contributed by atoms with van der Waals surface area (Å²) in [6.45, 7) is 5.29. The zero-order valence-corrected chi connectivity index (χ0v) is 17.1. The predicted molar refractivity (Wildman–Crippen MR) is 113 cm³/mol. The Labute approximate surface area is 173 Å². The van der Waals surface area contributed by atoms with Gasteiger partial charge in [-0.3, -0.25) is 4.98 Å². The number of aromatic nitrogens is 1. The molecular formula is C21H19Cl2N3O2. The summed E-state index contributed by atoms with van der Waals surface area (Å²) in [5, 5.41) is 14.6. The van der Waals surface area contributed by atoms with Gasteiger partial charge < -0.3 is 14.8 Å². The summed E-state index contributed by atoms with van der Waals surface area (Å²) in [4.78, 5) is 4.45. The number of pyridine rings is 1. The Morgan fingerprint density at radius 2 is 1.86 bits per heavy atom. The van der Waals surface area contributed by atoms with Crippen molar-refractivity contribution in [2.24, 2.45) is 0 Å². The summed E-state index contributed by atoms with van der Waals surface area (Å²) in [6, 6.07) is 11.3. The van der Waals surface area contributed by atoms with Crippen LogP contribution in [0.4, 0.5) is 5.69 Å². The number of halogens is 2.